The van der Waals surface area contributed by atoms with Gasteiger partial charge < -0.3 is 15.4 Å². The number of amides is 2. The number of rotatable bonds is 6. The van der Waals surface area contributed by atoms with Gasteiger partial charge in [0.15, 0.2) is 10.8 Å². The molecule has 10 heteroatoms. The number of hydrogen-bond acceptors (Lipinski definition) is 6. The Labute approximate surface area is 181 Å². The summed E-state index contributed by atoms with van der Waals surface area (Å²) in [6.07, 6.45) is 1.86. The lowest BCUT2D eigenvalue weighted by atomic mass is 9.95. The summed E-state index contributed by atoms with van der Waals surface area (Å²) in [5.74, 6) is -0.187. The second kappa shape index (κ2) is 8.76. The second-order valence-corrected chi connectivity index (χ2v) is 7.77. The van der Waals surface area contributed by atoms with Gasteiger partial charge in [-0.05, 0) is 36.8 Å². The molecule has 1 aliphatic heterocycles. The van der Waals surface area contributed by atoms with E-state index in [9.17, 15) is 9.59 Å². The summed E-state index contributed by atoms with van der Waals surface area (Å²) < 4.78 is 7.12. The minimum atomic E-state index is -0.652. The molecule has 3 heterocycles. The molecule has 0 bridgehead atoms. The third-order valence-corrected chi connectivity index (χ3v) is 5.70. The highest BCUT2D eigenvalue weighted by atomic mass is 35.5. The Balaban J connectivity index is 1.69. The van der Waals surface area contributed by atoms with Crippen molar-refractivity contribution in [3.05, 3.63) is 70.5 Å². The summed E-state index contributed by atoms with van der Waals surface area (Å²) in [7, 11) is 0. The van der Waals surface area contributed by atoms with Gasteiger partial charge in [0.1, 0.15) is 0 Å². The molecule has 154 valence electrons. The number of thioether (sulfide) groups is 1. The molecule has 1 aliphatic rings. The van der Waals surface area contributed by atoms with Crippen LogP contribution in [0.1, 0.15) is 18.5 Å². The van der Waals surface area contributed by atoms with E-state index in [1.165, 1.54) is 11.8 Å². The topological polar surface area (TPSA) is 97.6 Å². The molecule has 0 radical (unpaired) electrons. The average Bonchev–Trinajstić information content (AvgIpc) is 3.15. The largest absolute Gasteiger partial charge is 0.463 e. The molecule has 0 saturated heterocycles. The van der Waals surface area contributed by atoms with Crippen LogP contribution in [0, 0.1) is 0 Å². The molecule has 4 rings (SSSR count). The molecule has 0 spiro atoms. The third-order valence-electron chi connectivity index (χ3n) is 4.48. The van der Waals surface area contributed by atoms with Crippen LogP contribution in [0.15, 0.2) is 65.1 Å². The number of pyridine rings is 1. The molecule has 1 unspecified atom stereocenters. The molecular formula is C20H18ClN5O3S. The number of aromatic nitrogens is 3. The van der Waals surface area contributed by atoms with E-state index in [0.29, 0.717) is 32.8 Å². The summed E-state index contributed by atoms with van der Waals surface area (Å²) in [5.41, 5.74) is 2.26. The zero-order valence-electron chi connectivity index (χ0n) is 16.0. The van der Waals surface area contributed by atoms with Gasteiger partial charge in [-0.2, -0.15) is 0 Å². The molecule has 0 saturated carbocycles. The first-order valence-electron chi connectivity index (χ1n) is 9.22. The number of nitrogens with one attached hydrogen (secondary N) is 2. The Kier molecular flexibility index (Phi) is 5.91. The van der Waals surface area contributed by atoms with Crippen molar-refractivity contribution in [1.29, 1.82) is 0 Å². The van der Waals surface area contributed by atoms with Gasteiger partial charge in [-0.15, -0.1) is 10.2 Å². The predicted molar refractivity (Wildman–Crippen MR) is 113 cm³/mol. The first kappa shape index (κ1) is 20.2. The number of nitrogens with zero attached hydrogens (tertiary/aromatic N) is 3. The van der Waals surface area contributed by atoms with Gasteiger partial charge in [0, 0.05) is 22.7 Å². The Morgan fingerprint density at radius 2 is 2.03 bits per heavy atom. The first-order valence-corrected chi connectivity index (χ1v) is 10.6. The van der Waals surface area contributed by atoms with Crippen LogP contribution in [0.5, 0.6) is 0 Å². The Hall–Kier alpha value is -3.04. The molecule has 1 atom stereocenters. The van der Waals surface area contributed by atoms with Crippen LogP contribution in [0.4, 0.5) is 4.79 Å². The molecule has 3 aromatic rings. The summed E-state index contributed by atoms with van der Waals surface area (Å²) >= 11 is 7.35. The second-order valence-electron chi connectivity index (χ2n) is 6.40. The van der Waals surface area contributed by atoms with E-state index in [1.807, 2.05) is 28.8 Å². The lowest BCUT2D eigenvalue weighted by Crippen LogP contribution is -2.46. The van der Waals surface area contributed by atoms with Crippen molar-refractivity contribution in [1.82, 2.24) is 25.2 Å². The lowest BCUT2D eigenvalue weighted by molar-refractivity contribution is -0.139. The van der Waals surface area contributed by atoms with E-state index in [1.54, 1.807) is 31.2 Å². The number of halogens is 1. The van der Waals surface area contributed by atoms with Gasteiger partial charge in [-0.25, -0.2) is 9.59 Å². The number of fused-ring (bicyclic) bond motifs is 1. The summed E-state index contributed by atoms with van der Waals surface area (Å²) in [6.45, 7) is 1.96. The predicted octanol–water partition coefficient (Wildman–Crippen LogP) is 3.35. The Morgan fingerprint density at radius 1 is 1.23 bits per heavy atom. The van der Waals surface area contributed by atoms with Crippen molar-refractivity contribution < 1.29 is 14.3 Å². The van der Waals surface area contributed by atoms with Crippen LogP contribution in [0.3, 0.4) is 0 Å². The van der Waals surface area contributed by atoms with Crippen LogP contribution in [-0.2, 0) is 9.53 Å². The summed E-state index contributed by atoms with van der Waals surface area (Å²) in [4.78, 5) is 25.1. The number of carbonyl (C=O) groups excluding carboxylic acids is 2. The van der Waals surface area contributed by atoms with E-state index in [-0.39, 0.29) is 6.61 Å². The van der Waals surface area contributed by atoms with Gasteiger partial charge in [0.25, 0.3) is 0 Å². The number of urea groups is 1. The minimum absolute atomic E-state index is 0.221. The molecule has 2 N–H and O–H groups in total. The van der Waals surface area contributed by atoms with Crippen molar-refractivity contribution in [2.75, 3.05) is 12.4 Å². The van der Waals surface area contributed by atoms with E-state index in [4.69, 9.17) is 16.3 Å². The fourth-order valence-corrected chi connectivity index (χ4v) is 4.16. The average molecular weight is 444 g/mol. The standard InChI is InChI=1S/C20H18ClN5O3S/c1-2-29-18(27)16-14(11-30-20-25-24-15-5-3-4-10-26(15)20)22-19(28)23-17(16)12-6-8-13(21)9-7-12/h3-10,17H,2,11H2,1H3,(H2,22,23,28). The molecular weight excluding hydrogens is 426 g/mol. The molecule has 0 aliphatic carbocycles. The van der Waals surface area contributed by atoms with Crippen molar-refractivity contribution in [2.45, 2.75) is 18.1 Å². The van der Waals surface area contributed by atoms with Gasteiger partial charge in [-0.1, -0.05) is 41.6 Å². The minimum Gasteiger partial charge on any atom is -0.463 e. The van der Waals surface area contributed by atoms with E-state index in [0.717, 1.165) is 5.56 Å². The van der Waals surface area contributed by atoms with Gasteiger partial charge >= 0.3 is 12.0 Å². The van der Waals surface area contributed by atoms with Crippen molar-refractivity contribution in [3.8, 4) is 0 Å². The monoisotopic (exact) mass is 443 g/mol. The number of esters is 1. The smallest absolute Gasteiger partial charge is 0.338 e. The zero-order chi connectivity index (χ0) is 21.1. The van der Waals surface area contributed by atoms with Crippen LogP contribution < -0.4 is 10.6 Å². The Bertz CT molecular complexity index is 1130. The van der Waals surface area contributed by atoms with E-state index < -0.39 is 18.0 Å². The summed E-state index contributed by atoms with van der Waals surface area (Å²) in [5, 5.41) is 15.1. The van der Waals surface area contributed by atoms with Gasteiger partial charge in [0.2, 0.25) is 0 Å². The normalized spacial score (nSPS) is 16.3. The third kappa shape index (κ3) is 4.12. The number of benzene rings is 1. The molecule has 30 heavy (non-hydrogen) atoms. The highest BCUT2D eigenvalue weighted by molar-refractivity contribution is 7.99. The lowest BCUT2D eigenvalue weighted by Gasteiger charge is -2.29. The highest BCUT2D eigenvalue weighted by Crippen LogP contribution is 2.31. The maximum absolute atomic E-state index is 12.8. The first-order chi connectivity index (χ1) is 14.6. The van der Waals surface area contributed by atoms with Crippen LogP contribution in [-0.4, -0.2) is 39.0 Å². The molecule has 2 aromatic heterocycles. The van der Waals surface area contributed by atoms with Gasteiger partial charge in [0.05, 0.1) is 18.2 Å². The summed E-state index contributed by atoms with van der Waals surface area (Å²) in [6, 6.07) is 11.5. The van der Waals surface area contributed by atoms with Crippen LogP contribution >= 0.6 is 23.4 Å². The van der Waals surface area contributed by atoms with Crippen LogP contribution in [0.2, 0.25) is 5.02 Å². The zero-order valence-corrected chi connectivity index (χ0v) is 17.5. The SMILES string of the molecule is CCOC(=O)C1=C(CSc2nnc3ccccn23)NC(=O)NC1c1ccc(Cl)cc1. The Morgan fingerprint density at radius 3 is 2.80 bits per heavy atom. The molecule has 8 nitrogen and oxygen atoms in total. The highest BCUT2D eigenvalue weighted by Gasteiger charge is 2.33. The number of carbonyl (C=O) groups is 2. The van der Waals surface area contributed by atoms with Crippen molar-refractivity contribution in [2.24, 2.45) is 0 Å². The quantitative estimate of drug-likeness (QED) is 0.448. The number of ether oxygens (including phenoxy) is 1. The fraction of sp³-hybridized carbons (Fsp3) is 0.200. The van der Waals surface area contributed by atoms with Crippen LogP contribution in [0.25, 0.3) is 5.65 Å². The number of hydrogen-bond donors (Lipinski definition) is 2. The van der Waals surface area contributed by atoms with E-state index >= 15 is 0 Å². The molecule has 0 fully saturated rings. The van der Waals surface area contributed by atoms with Gasteiger partial charge in [-0.3, -0.25) is 4.40 Å². The molecule has 1 aromatic carbocycles. The molecule has 2 amide bonds. The maximum atomic E-state index is 12.8. The van der Waals surface area contributed by atoms with E-state index in [2.05, 4.69) is 20.8 Å². The fourth-order valence-electron chi connectivity index (χ4n) is 3.14. The van der Waals surface area contributed by atoms with Crippen molar-refractivity contribution >= 4 is 41.0 Å². The maximum Gasteiger partial charge on any atom is 0.338 e. The van der Waals surface area contributed by atoms with Crippen molar-refractivity contribution in [3.63, 3.8) is 0 Å².